The van der Waals surface area contributed by atoms with Crippen LogP contribution >= 0.6 is 0 Å². The van der Waals surface area contributed by atoms with E-state index in [9.17, 15) is 26.3 Å². The summed E-state index contributed by atoms with van der Waals surface area (Å²) in [6.07, 6.45) is 0.478. The maximum absolute atomic E-state index is 14.5. The molecule has 152 valence electrons. The van der Waals surface area contributed by atoms with Gasteiger partial charge in [-0.2, -0.15) is 13.2 Å². The molecule has 0 radical (unpaired) electrons. The monoisotopic (exact) mass is 394 g/mol. The molecule has 27 heavy (non-hydrogen) atoms. The minimum Gasteiger partial charge on any atom is -0.367 e. The molecule has 0 aliphatic heterocycles. The lowest BCUT2D eigenvalue weighted by atomic mass is 9.79. The van der Waals surface area contributed by atoms with Gasteiger partial charge in [0, 0.05) is 17.0 Å². The molecule has 0 spiro atoms. The van der Waals surface area contributed by atoms with Gasteiger partial charge in [-0.15, -0.1) is 0 Å². The van der Waals surface area contributed by atoms with Gasteiger partial charge in [-0.25, -0.2) is 13.2 Å². The first kappa shape index (κ1) is 21.8. The van der Waals surface area contributed by atoms with Crippen LogP contribution in [-0.2, 0) is 11.3 Å². The van der Waals surface area contributed by atoms with Crippen molar-refractivity contribution in [2.24, 2.45) is 11.8 Å². The van der Waals surface area contributed by atoms with E-state index in [1.165, 1.54) is 0 Å². The second-order valence-corrected chi connectivity index (χ2v) is 7.08. The molecule has 0 amide bonds. The van der Waals surface area contributed by atoms with Crippen LogP contribution in [0.4, 0.5) is 26.3 Å². The highest BCUT2D eigenvalue weighted by molar-refractivity contribution is 5.61. The van der Waals surface area contributed by atoms with Gasteiger partial charge in [-0.1, -0.05) is 31.9 Å². The first-order valence-corrected chi connectivity index (χ1v) is 9.19. The highest BCUT2D eigenvalue weighted by Gasteiger charge is 2.28. The number of hydrogen-bond donors (Lipinski definition) is 0. The Balaban J connectivity index is 2.02. The number of ether oxygens (including phenoxy) is 1. The zero-order chi connectivity index (χ0) is 20.0. The van der Waals surface area contributed by atoms with Gasteiger partial charge >= 0.3 is 6.18 Å². The van der Waals surface area contributed by atoms with Crippen molar-refractivity contribution in [3.63, 3.8) is 0 Å². The molecule has 0 bridgehead atoms. The molecule has 1 aromatic carbocycles. The van der Waals surface area contributed by atoms with Gasteiger partial charge in [0.25, 0.3) is 0 Å². The third-order valence-electron chi connectivity index (χ3n) is 4.94. The Hall–Kier alpha value is -1.50. The molecule has 7 heteroatoms. The Morgan fingerprint density at radius 3 is 2.33 bits per heavy atom. The number of halogens is 6. The van der Waals surface area contributed by atoms with Gasteiger partial charge in [-0.3, -0.25) is 0 Å². The smallest absolute Gasteiger partial charge is 0.367 e. The average Bonchev–Trinajstić information content (AvgIpc) is 2.62. The molecule has 0 aromatic heterocycles. The molecular weight excluding hydrogens is 370 g/mol. The Bertz CT molecular complexity index is 644. The molecule has 0 atom stereocenters. The van der Waals surface area contributed by atoms with Gasteiger partial charge in [0.15, 0.2) is 5.83 Å². The van der Waals surface area contributed by atoms with Crippen LogP contribution in [0.5, 0.6) is 0 Å². The van der Waals surface area contributed by atoms with Gasteiger partial charge in [0.05, 0.1) is 6.61 Å². The first-order chi connectivity index (χ1) is 12.7. The third-order valence-corrected chi connectivity index (χ3v) is 4.94. The van der Waals surface area contributed by atoms with Crippen molar-refractivity contribution in [3.8, 4) is 0 Å². The van der Waals surface area contributed by atoms with Crippen molar-refractivity contribution in [3.05, 3.63) is 41.0 Å². The maximum atomic E-state index is 14.5. The van der Waals surface area contributed by atoms with Gasteiger partial charge in [0.1, 0.15) is 18.3 Å². The maximum Gasteiger partial charge on any atom is 0.411 e. The predicted molar refractivity (Wildman–Crippen MR) is 91.6 cm³/mol. The summed E-state index contributed by atoms with van der Waals surface area (Å²) < 4.78 is 83.4. The van der Waals surface area contributed by atoms with Crippen molar-refractivity contribution in [2.45, 2.75) is 58.2 Å². The minimum absolute atomic E-state index is 0.142. The van der Waals surface area contributed by atoms with Crippen LogP contribution in [-0.4, -0.2) is 12.8 Å². The van der Waals surface area contributed by atoms with Crippen molar-refractivity contribution in [1.29, 1.82) is 0 Å². The Morgan fingerprint density at radius 2 is 1.78 bits per heavy atom. The molecule has 1 fully saturated rings. The minimum atomic E-state index is -4.51. The van der Waals surface area contributed by atoms with E-state index in [1.807, 2.05) is 0 Å². The molecule has 0 N–H and O–H groups in total. The van der Waals surface area contributed by atoms with E-state index in [-0.39, 0.29) is 11.1 Å². The summed E-state index contributed by atoms with van der Waals surface area (Å²) in [7, 11) is 0. The molecular formula is C20H24F6O. The average molecular weight is 394 g/mol. The van der Waals surface area contributed by atoms with E-state index in [0.29, 0.717) is 18.8 Å². The molecule has 0 unspecified atom stereocenters. The molecule has 1 saturated carbocycles. The SMILES string of the molecule is CCCC1CCC(/C(F)=C(\F)c2ccc(COCC(F)(F)F)c(F)c2)CC1. The van der Waals surface area contributed by atoms with Gasteiger partial charge in [0.2, 0.25) is 0 Å². The Morgan fingerprint density at radius 1 is 1.11 bits per heavy atom. The predicted octanol–water partition coefficient (Wildman–Crippen LogP) is 7.12. The molecule has 0 saturated heterocycles. The summed E-state index contributed by atoms with van der Waals surface area (Å²) in [5.74, 6) is -2.85. The lowest BCUT2D eigenvalue weighted by molar-refractivity contribution is -0.176. The Kier molecular flexibility index (Phi) is 7.77. The summed E-state index contributed by atoms with van der Waals surface area (Å²) in [4.78, 5) is 0. The van der Waals surface area contributed by atoms with Gasteiger partial charge < -0.3 is 4.74 Å². The summed E-state index contributed by atoms with van der Waals surface area (Å²) >= 11 is 0. The van der Waals surface area contributed by atoms with E-state index in [0.717, 1.165) is 43.9 Å². The topological polar surface area (TPSA) is 9.23 Å². The molecule has 1 aromatic rings. The second-order valence-electron chi connectivity index (χ2n) is 7.08. The molecule has 1 aliphatic carbocycles. The van der Waals surface area contributed by atoms with Crippen LogP contribution in [0.1, 0.15) is 56.6 Å². The van der Waals surface area contributed by atoms with Crippen LogP contribution in [0.15, 0.2) is 24.0 Å². The van der Waals surface area contributed by atoms with Crippen molar-refractivity contribution in [1.82, 2.24) is 0 Å². The number of hydrogen-bond acceptors (Lipinski definition) is 1. The van der Waals surface area contributed by atoms with E-state index < -0.39 is 42.8 Å². The summed E-state index contributed by atoms with van der Waals surface area (Å²) in [6, 6.07) is 3.07. The zero-order valence-corrected chi connectivity index (χ0v) is 15.2. The molecule has 1 nitrogen and oxygen atoms in total. The van der Waals surface area contributed by atoms with Crippen molar-refractivity contribution < 1.29 is 31.1 Å². The summed E-state index contributed by atoms with van der Waals surface area (Å²) in [5, 5.41) is 0. The number of benzene rings is 1. The highest BCUT2D eigenvalue weighted by atomic mass is 19.4. The van der Waals surface area contributed by atoms with Crippen molar-refractivity contribution >= 4 is 5.83 Å². The van der Waals surface area contributed by atoms with Gasteiger partial charge in [-0.05, 0) is 37.7 Å². The lowest BCUT2D eigenvalue weighted by Crippen LogP contribution is -2.17. The van der Waals surface area contributed by atoms with E-state index >= 15 is 0 Å². The molecule has 1 aliphatic rings. The van der Waals surface area contributed by atoms with Crippen LogP contribution < -0.4 is 0 Å². The van der Waals surface area contributed by atoms with E-state index in [2.05, 4.69) is 11.7 Å². The van der Waals surface area contributed by atoms with Crippen LogP contribution in [0.2, 0.25) is 0 Å². The fraction of sp³-hybridized carbons (Fsp3) is 0.600. The fourth-order valence-corrected chi connectivity index (χ4v) is 3.51. The second kappa shape index (κ2) is 9.62. The summed E-state index contributed by atoms with van der Waals surface area (Å²) in [5.41, 5.74) is -0.392. The quantitative estimate of drug-likeness (QED) is 0.448. The number of allylic oxidation sites excluding steroid dienone is 1. The van der Waals surface area contributed by atoms with E-state index in [1.54, 1.807) is 0 Å². The van der Waals surface area contributed by atoms with Crippen molar-refractivity contribution in [2.75, 3.05) is 6.61 Å². The largest absolute Gasteiger partial charge is 0.411 e. The fourth-order valence-electron chi connectivity index (χ4n) is 3.51. The van der Waals surface area contributed by atoms with Crippen LogP contribution in [0.25, 0.3) is 5.83 Å². The number of alkyl halides is 3. The molecule has 2 rings (SSSR count). The first-order valence-electron chi connectivity index (χ1n) is 9.19. The Labute approximate surface area is 155 Å². The van der Waals surface area contributed by atoms with Crippen LogP contribution in [0, 0.1) is 17.7 Å². The van der Waals surface area contributed by atoms with Crippen LogP contribution in [0.3, 0.4) is 0 Å². The molecule has 0 heterocycles. The lowest BCUT2D eigenvalue weighted by Gasteiger charge is -2.27. The summed E-state index contributed by atoms with van der Waals surface area (Å²) in [6.45, 7) is -0.00269. The normalized spacial score (nSPS) is 21.9. The zero-order valence-electron chi connectivity index (χ0n) is 15.2. The highest BCUT2D eigenvalue weighted by Crippen LogP contribution is 2.39. The third kappa shape index (κ3) is 6.55. The standard InChI is InChI=1S/C20H24F6O/c1-2-3-13-4-6-14(7-5-13)18(22)19(23)15-8-9-16(17(21)10-15)11-27-12-20(24,25)26/h8-10,13-14H,2-7,11-12H2,1H3/b19-18+. The van der Waals surface area contributed by atoms with E-state index in [4.69, 9.17) is 0 Å². The number of rotatable bonds is 7.